The Hall–Kier alpha value is -2.08. The van der Waals surface area contributed by atoms with E-state index in [1.807, 2.05) is 43.3 Å². The number of hydrogen-bond donors (Lipinski definition) is 3. The number of nitrogens with zero attached hydrogens (tertiary/aromatic N) is 3. The Morgan fingerprint density at radius 3 is 2.94 bits per heavy atom. The molecule has 0 bridgehead atoms. The number of aryl methyl sites for hydroxylation is 1. The maximum atomic E-state index is 5.55. The van der Waals surface area contributed by atoms with E-state index in [9.17, 15) is 0 Å². The number of nitrogens with one attached hydrogen (secondary N) is 2. The highest BCUT2D eigenvalue weighted by Crippen LogP contribution is 2.17. The summed E-state index contributed by atoms with van der Waals surface area (Å²) in [5.41, 5.74) is 5.55. The maximum Gasteiger partial charge on any atom is 0.137 e. The van der Waals surface area contributed by atoms with Gasteiger partial charge in [0.15, 0.2) is 0 Å². The van der Waals surface area contributed by atoms with Crippen LogP contribution < -0.4 is 16.0 Å². The van der Waals surface area contributed by atoms with Crippen LogP contribution in [-0.2, 0) is 0 Å². The largest absolute Gasteiger partial charge is 0.358 e. The number of nitrogens with two attached hydrogens (primary N) is 1. The highest BCUT2D eigenvalue weighted by Gasteiger charge is 2.06. The molecule has 0 unspecified atom stereocenters. The molecule has 0 fully saturated rings. The lowest BCUT2D eigenvalue weighted by Gasteiger charge is -2.18. The molecule has 2 aromatic heterocycles. The van der Waals surface area contributed by atoms with Crippen LogP contribution in [0.25, 0.3) is 0 Å². The minimum absolute atomic E-state index is 0.596. The van der Waals surface area contributed by atoms with Gasteiger partial charge in [-0.2, -0.15) is 0 Å². The van der Waals surface area contributed by atoms with Crippen LogP contribution in [-0.4, -0.2) is 35.1 Å². The SMILES string of the molecule is Cc1nc(Nc2ccc[nH]2)cc(N(C)CCN)n1. The predicted octanol–water partition coefficient (Wildman–Crippen LogP) is 1.25. The van der Waals surface area contributed by atoms with Crippen LogP contribution in [0, 0.1) is 6.92 Å². The van der Waals surface area contributed by atoms with Crippen molar-refractivity contribution >= 4 is 17.5 Å². The van der Waals surface area contributed by atoms with Gasteiger partial charge in [-0.1, -0.05) is 0 Å². The van der Waals surface area contributed by atoms with E-state index in [1.165, 1.54) is 0 Å². The van der Waals surface area contributed by atoms with Crippen molar-refractivity contribution in [3.63, 3.8) is 0 Å². The van der Waals surface area contributed by atoms with Crippen molar-refractivity contribution in [2.75, 3.05) is 30.4 Å². The number of anilines is 3. The fraction of sp³-hybridized carbons (Fsp3) is 0.333. The molecule has 4 N–H and O–H groups in total. The molecular weight excluding hydrogens is 228 g/mol. The predicted molar refractivity (Wildman–Crippen MR) is 73.2 cm³/mol. The first-order chi connectivity index (χ1) is 8.69. The highest BCUT2D eigenvalue weighted by molar-refractivity contribution is 5.56. The van der Waals surface area contributed by atoms with Crippen molar-refractivity contribution in [3.8, 4) is 0 Å². The third-order valence-electron chi connectivity index (χ3n) is 2.54. The standard InChI is InChI=1S/C12H18N6/c1-9-15-11(17-10-4-3-6-14-10)8-12(16-9)18(2)7-5-13/h3-4,6,8,14H,5,7,13H2,1-2H3,(H,15,16,17). The monoisotopic (exact) mass is 246 g/mol. The minimum Gasteiger partial charge on any atom is -0.358 e. The van der Waals surface area contributed by atoms with Crippen LogP contribution in [0.5, 0.6) is 0 Å². The van der Waals surface area contributed by atoms with Crippen LogP contribution in [0.2, 0.25) is 0 Å². The first-order valence-corrected chi connectivity index (χ1v) is 5.86. The summed E-state index contributed by atoms with van der Waals surface area (Å²) in [7, 11) is 1.97. The van der Waals surface area contributed by atoms with Crippen LogP contribution in [0.1, 0.15) is 5.82 Å². The summed E-state index contributed by atoms with van der Waals surface area (Å²) in [6.07, 6.45) is 1.86. The Bertz CT molecular complexity index is 493. The van der Waals surface area contributed by atoms with Gasteiger partial charge in [0.2, 0.25) is 0 Å². The molecule has 0 radical (unpaired) electrons. The summed E-state index contributed by atoms with van der Waals surface area (Å²) in [6.45, 7) is 3.23. The van der Waals surface area contributed by atoms with Crippen molar-refractivity contribution in [2.45, 2.75) is 6.92 Å². The molecular formula is C12H18N6. The second-order valence-electron chi connectivity index (χ2n) is 4.08. The topological polar surface area (TPSA) is 82.9 Å². The fourth-order valence-electron chi connectivity index (χ4n) is 1.67. The second kappa shape index (κ2) is 5.50. The zero-order chi connectivity index (χ0) is 13.0. The third-order valence-corrected chi connectivity index (χ3v) is 2.54. The minimum atomic E-state index is 0.596. The van der Waals surface area contributed by atoms with Crippen LogP contribution >= 0.6 is 0 Å². The Labute approximate surface area is 106 Å². The first kappa shape index (κ1) is 12.4. The maximum absolute atomic E-state index is 5.55. The van der Waals surface area contributed by atoms with Gasteiger partial charge in [0.1, 0.15) is 23.3 Å². The fourth-order valence-corrected chi connectivity index (χ4v) is 1.67. The van der Waals surface area contributed by atoms with Crippen molar-refractivity contribution in [1.29, 1.82) is 0 Å². The first-order valence-electron chi connectivity index (χ1n) is 5.86. The molecule has 0 aliphatic carbocycles. The molecule has 6 nitrogen and oxygen atoms in total. The summed E-state index contributed by atoms with van der Waals surface area (Å²) in [5.74, 6) is 3.26. The van der Waals surface area contributed by atoms with E-state index in [1.54, 1.807) is 0 Å². The van der Waals surface area contributed by atoms with Gasteiger partial charge in [0.05, 0.1) is 0 Å². The number of aromatic amines is 1. The Morgan fingerprint density at radius 1 is 1.44 bits per heavy atom. The lowest BCUT2D eigenvalue weighted by molar-refractivity contribution is 0.857. The van der Waals surface area contributed by atoms with E-state index in [4.69, 9.17) is 5.73 Å². The molecule has 0 saturated carbocycles. The molecule has 2 heterocycles. The van der Waals surface area contributed by atoms with E-state index >= 15 is 0 Å². The number of hydrogen-bond acceptors (Lipinski definition) is 5. The molecule has 0 atom stereocenters. The van der Waals surface area contributed by atoms with Gasteiger partial charge in [-0.3, -0.25) is 0 Å². The van der Waals surface area contributed by atoms with Gasteiger partial charge in [0.25, 0.3) is 0 Å². The summed E-state index contributed by atoms with van der Waals surface area (Å²) in [4.78, 5) is 13.8. The summed E-state index contributed by atoms with van der Waals surface area (Å²) >= 11 is 0. The van der Waals surface area contributed by atoms with E-state index in [-0.39, 0.29) is 0 Å². The van der Waals surface area contributed by atoms with Crippen molar-refractivity contribution < 1.29 is 0 Å². The molecule has 2 aromatic rings. The summed E-state index contributed by atoms with van der Waals surface area (Å²) in [6, 6.07) is 5.78. The second-order valence-corrected chi connectivity index (χ2v) is 4.08. The molecule has 0 spiro atoms. The molecule has 2 rings (SSSR count). The van der Waals surface area contributed by atoms with Gasteiger partial charge in [0, 0.05) is 32.4 Å². The average molecular weight is 246 g/mol. The molecule has 0 saturated heterocycles. The molecule has 0 aliphatic rings. The quantitative estimate of drug-likeness (QED) is 0.739. The van der Waals surface area contributed by atoms with Crippen molar-refractivity contribution in [2.24, 2.45) is 5.73 Å². The van der Waals surface area contributed by atoms with E-state index in [2.05, 4.69) is 20.3 Å². The van der Waals surface area contributed by atoms with Crippen LogP contribution in [0.15, 0.2) is 24.4 Å². The average Bonchev–Trinajstić information content (AvgIpc) is 2.81. The zero-order valence-corrected chi connectivity index (χ0v) is 10.6. The van der Waals surface area contributed by atoms with Crippen LogP contribution in [0.3, 0.4) is 0 Å². The molecule has 96 valence electrons. The summed E-state index contributed by atoms with van der Waals surface area (Å²) < 4.78 is 0. The lowest BCUT2D eigenvalue weighted by atomic mass is 10.4. The van der Waals surface area contributed by atoms with Gasteiger partial charge >= 0.3 is 0 Å². The molecule has 0 aliphatic heterocycles. The Morgan fingerprint density at radius 2 is 2.28 bits per heavy atom. The van der Waals surface area contributed by atoms with E-state index in [0.717, 1.165) is 29.8 Å². The Kier molecular flexibility index (Phi) is 3.78. The molecule has 0 aromatic carbocycles. The van der Waals surface area contributed by atoms with Gasteiger partial charge in [-0.25, -0.2) is 9.97 Å². The zero-order valence-electron chi connectivity index (χ0n) is 10.6. The van der Waals surface area contributed by atoms with Gasteiger partial charge < -0.3 is 20.9 Å². The third kappa shape index (κ3) is 2.98. The van der Waals surface area contributed by atoms with Crippen molar-refractivity contribution in [1.82, 2.24) is 15.0 Å². The van der Waals surface area contributed by atoms with Gasteiger partial charge in [-0.15, -0.1) is 0 Å². The molecule has 0 amide bonds. The summed E-state index contributed by atoms with van der Waals surface area (Å²) in [5, 5.41) is 3.20. The van der Waals surface area contributed by atoms with E-state index < -0.39 is 0 Å². The normalized spacial score (nSPS) is 10.4. The lowest BCUT2D eigenvalue weighted by Crippen LogP contribution is -2.26. The van der Waals surface area contributed by atoms with Crippen molar-refractivity contribution in [3.05, 3.63) is 30.2 Å². The number of H-pyrrole nitrogens is 1. The molecule has 18 heavy (non-hydrogen) atoms. The highest BCUT2D eigenvalue weighted by atomic mass is 15.2. The number of likely N-dealkylation sites (N-methyl/N-ethyl adjacent to an activating group) is 1. The van der Waals surface area contributed by atoms with Crippen LogP contribution in [0.4, 0.5) is 17.5 Å². The molecule has 6 heteroatoms. The number of aromatic nitrogens is 3. The Balaban J connectivity index is 2.20. The van der Waals surface area contributed by atoms with E-state index in [0.29, 0.717) is 6.54 Å². The smallest absolute Gasteiger partial charge is 0.137 e. The van der Waals surface area contributed by atoms with Gasteiger partial charge in [-0.05, 0) is 19.1 Å². The number of rotatable bonds is 5.